The lowest BCUT2D eigenvalue weighted by Crippen LogP contribution is -2.31. The van der Waals surface area contributed by atoms with Crippen LogP contribution in [-0.2, 0) is 17.1 Å². The number of carbonyl (C=O) groups excluding carboxylic acids is 1. The average molecular weight is 470 g/mol. The van der Waals surface area contributed by atoms with Crippen LogP contribution < -0.4 is 10.1 Å². The van der Waals surface area contributed by atoms with Gasteiger partial charge in [0, 0.05) is 26.3 Å². The van der Waals surface area contributed by atoms with Crippen LogP contribution in [0.15, 0.2) is 71.8 Å². The summed E-state index contributed by atoms with van der Waals surface area (Å²) in [7, 11) is -1.99. The zero-order chi connectivity index (χ0) is 24.0. The summed E-state index contributed by atoms with van der Waals surface area (Å²) in [6.07, 6.45) is 1.48. The molecule has 0 aliphatic carbocycles. The van der Waals surface area contributed by atoms with Crippen molar-refractivity contribution >= 4 is 15.9 Å². The molecule has 0 bridgehead atoms. The number of hydrogen-bond donors (Lipinski definition) is 1. The number of rotatable bonds is 10. The molecular weight excluding hydrogens is 438 g/mol. The standard InChI is InChI=1S/C25H31N3O4S/c1-5-28(6-2)33(30,31)22-17-23(27(4)18-22)25(29)26-24(19-11-9-8-10-12-19)20-13-15-21(16-14-20)32-7-3/h8-18,24H,5-7H2,1-4H3,(H,26,29). The summed E-state index contributed by atoms with van der Waals surface area (Å²) in [5.41, 5.74) is 2.08. The topological polar surface area (TPSA) is 80.6 Å². The molecule has 7 nitrogen and oxygen atoms in total. The van der Waals surface area contributed by atoms with E-state index in [-0.39, 0.29) is 16.5 Å². The Hall–Kier alpha value is -3.10. The van der Waals surface area contributed by atoms with Crippen LogP contribution in [0.1, 0.15) is 48.4 Å². The fourth-order valence-corrected chi connectivity index (χ4v) is 5.28. The van der Waals surface area contributed by atoms with Gasteiger partial charge in [0.1, 0.15) is 16.3 Å². The molecule has 1 heterocycles. The first-order chi connectivity index (χ1) is 15.8. The second-order valence-corrected chi connectivity index (χ2v) is 9.52. The number of benzene rings is 2. The third-order valence-corrected chi connectivity index (χ3v) is 7.50. The van der Waals surface area contributed by atoms with Crippen LogP contribution in [0.4, 0.5) is 0 Å². The van der Waals surface area contributed by atoms with Gasteiger partial charge < -0.3 is 14.6 Å². The molecule has 2 aromatic carbocycles. The fourth-order valence-electron chi connectivity index (χ4n) is 3.75. The zero-order valence-electron chi connectivity index (χ0n) is 19.5. The number of amides is 1. The Morgan fingerprint density at radius 3 is 2.18 bits per heavy atom. The lowest BCUT2D eigenvalue weighted by atomic mass is 9.98. The van der Waals surface area contributed by atoms with Gasteiger partial charge in [-0.15, -0.1) is 0 Å². The van der Waals surface area contributed by atoms with E-state index in [9.17, 15) is 13.2 Å². The minimum Gasteiger partial charge on any atom is -0.494 e. The molecule has 0 fully saturated rings. The van der Waals surface area contributed by atoms with Crippen LogP contribution in [0.5, 0.6) is 5.75 Å². The lowest BCUT2D eigenvalue weighted by molar-refractivity contribution is 0.0934. The Kier molecular flexibility index (Phi) is 7.94. The highest BCUT2D eigenvalue weighted by Gasteiger charge is 2.26. The number of hydrogen-bond acceptors (Lipinski definition) is 4. The quantitative estimate of drug-likeness (QED) is 0.487. The summed E-state index contributed by atoms with van der Waals surface area (Å²) in [6, 6.07) is 18.3. The van der Waals surface area contributed by atoms with Crippen molar-refractivity contribution in [2.45, 2.75) is 31.7 Å². The molecule has 0 saturated carbocycles. The number of sulfonamides is 1. The van der Waals surface area contributed by atoms with Gasteiger partial charge in [0.15, 0.2) is 0 Å². The van der Waals surface area contributed by atoms with Crippen LogP contribution in [0, 0.1) is 0 Å². The van der Waals surface area contributed by atoms with Crippen molar-refractivity contribution in [3.63, 3.8) is 0 Å². The van der Waals surface area contributed by atoms with Crippen LogP contribution in [0.2, 0.25) is 0 Å². The van der Waals surface area contributed by atoms with Crippen LogP contribution in [-0.4, -0.2) is 42.9 Å². The normalized spacial score (nSPS) is 12.5. The van der Waals surface area contributed by atoms with Crippen molar-refractivity contribution in [1.82, 2.24) is 14.2 Å². The molecule has 176 valence electrons. The summed E-state index contributed by atoms with van der Waals surface area (Å²) >= 11 is 0. The molecule has 8 heteroatoms. The highest BCUT2D eigenvalue weighted by Crippen LogP contribution is 2.25. The molecule has 0 spiro atoms. The number of nitrogens with zero attached hydrogens (tertiary/aromatic N) is 2. The summed E-state index contributed by atoms with van der Waals surface area (Å²) in [5, 5.41) is 3.07. The van der Waals surface area contributed by atoms with Crippen LogP contribution in [0.3, 0.4) is 0 Å². The van der Waals surface area contributed by atoms with E-state index >= 15 is 0 Å². The Bertz CT molecular complexity index is 1170. The second-order valence-electron chi connectivity index (χ2n) is 7.58. The molecule has 1 amide bonds. The molecular formula is C25H31N3O4S. The number of carbonyl (C=O) groups is 1. The van der Waals surface area contributed by atoms with E-state index in [1.807, 2.05) is 61.5 Å². The van der Waals surface area contributed by atoms with Crippen LogP contribution in [0.25, 0.3) is 0 Å². The Labute approximate surface area is 196 Å². The second kappa shape index (κ2) is 10.7. The summed E-state index contributed by atoms with van der Waals surface area (Å²) < 4.78 is 34.3. The molecule has 3 aromatic rings. The van der Waals surface area contributed by atoms with E-state index in [1.54, 1.807) is 25.5 Å². The number of aromatic nitrogens is 1. The first-order valence-corrected chi connectivity index (χ1v) is 12.5. The van der Waals surface area contributed by atoms with Crippen molar-refractivity contribution < 1.29 is 17.9 Å². The number of nitrogens with one attached hydrogen (secondary N) is 1. The van der Waals surface area contributed by atoms with Crippen molar-refractivity contribution in [3.05, 3.63) is 83.7 Å². The molecule has 1 aromatic heterocycles. The molecule has 0 radical (unpaired) electrons. The molecule has 0 saturated heterocycles. The van der Waals surface area contributed by atoms with E-state index in [2.05, 4.69) is 5.32 Å². The molecule has 0 aliphatic heterocycles. The van der Waals surface area contributed by atoms with Gasteiger partial charge in [-0.2, -0.15) is 4.31 Å². The van der Waals surface area contributed by atoms with Gasteiger partial charge in [0.2, 0.25) is 10.0 Å². The maximum Gasteiger partial charge on any atom is 0.268 e. The smallest absolute Gasteiger partial charge is 0.268 e. The van der Waals surface area contributed by atoms with Gasteiger partial charge in [-0.3, -0.25) is 4.79 Å². The van der Waals surface area contributed by atoms with Crippen molar-refractivity contribution in [3.8, 4) is 5.75 Å². The molecule has 1 unspecified atom stereocenters. The van der Waals surface area contributed by atoms with Gasteiger partial charge in [-0.05, 0) is 36.2 Å². The van der Waals surface area contributed by atoms with E-state index in [0.29, 0.717) is 19.7 Å². The fraction of sp³-hybridized carbons (Fsp3) is 0.320. The number of ether oxygens (including phenoxy) is 1. The SMILES string of the molecule is CCOc1ccc(C(NC(=O)c2cc(S(=O)(=O)N(CC)CC)cn2C)c2ccccc2)cc1. The summed E-state index contributed by atoms with van der Waals surface area (Å²) in [5.74, 6) is 0.398. The van der Waals surface area contributed by atoms with E-state index < -0.39 is 16.1 Å². The van der Waals surface area contributed by atoms with E-state index in [0.717, 1.165) is 16.9 Å². The highest BCUT2D eigenvalue weighted by molar-refractivity contribution is 7.89. The molecule has 0 aliphatic rings. The maximum atomic E-state index is 13.3. The molecule has 33 heavy (non-hydrogen) atoms. The van der Waals surface area contributed by atoms with Gasteiger partial charge in [-0.25, -0.2) is 8.42 Å². The minimum absolute atomic E-state index is 0.108. The Morgan fingerprint density at radius 1 is 1.00 bits per heavy atom. The van der Waals surface area contributed by atoms with Crippen molar-refractivity contribution in [2.24, 2.45) is 7.05 Å². The largest absolute Gasteiger partial charge is 0.494 e. The van der Waals surface area contributed by atoms with Gasteiger partial charge >= 0.3 is 0 Å². The minimum atomic E-state index is -3.66. The van der Waals surface area contributed by atoms with Crippen LogP contribution >= 0.6 is 0 Å². The predicted molar refractivity (Wildman–Crippen MR) is 129 cm³/mol. The van der Waals surface area contributed by atoms with Crippen molar-refractivity contribution in [2.75, 3.05) is 19.7 Å². The number of aryl methyl sites for hydroxylation is 1. The zero-order valence-corrected chi connectivity index (χ0v) is 20.3. The van der Waals surface area contributed by atoms with E-state index in [1.165, 1.54) is 16.6 Å². The molecule has 3 rings (SSSR count). The van der Waals surface area contributed by atoms with Gasteiger partial charge in [0.25, 0.3) is 5.91 Å². The van der Waals surface area contributed by atoms with E-state index in [4.69, 9.17) is 4.74 Å². The lowest BCUT2D eigenvalue weighted by Gasteiger charge is -2.20. The highest BCUT2D eigenvalue weighted by atomic mass is 32.2. The summed E-state index contributed by atoms with van der Waals surface area (Å²) in [4.78, 5) is 13.4. The Morgan fingerprint density at radius 2 is 1.61 bits per heavy atom. The van der Waals surface area contributed by atoms with Gasteiger partial charge in [0.05, 0.1) is 12.6 Å². The first kappa shape index (κ1) is 24.5. The predicted octanol–water partition coefficient (Wildman–Crippen LogP) is 3.97. The monoisotopic (exact) mass is 469 g/mol. The third-order valence-electron chi connectivity index (χ3n) is 5.49. The molecule has 1 atom stereocenters. The average Bonchev–Trinajstić information content (AvgIpc) is 3.22. The van der Waals surface area contributed by atoms with Crippen molar-refractivity contribution in [1.29, 1.82) is 0 Å². The van der Waals surface area contributed by atoms with Gasteiger partial charge in [-0.1, -0.05) is 56.3 Å². The first-order valence-electron chi connectivity index (χ1n) is 11.1. The molecule has 1 N–H and O–H groups in total. The maximum absolute atomic E-state index is 13.3. The Balaban J connectivity index is 1.93. The third kappa shape index (κ3) is 5.46. The summed E-state index contributed by atoms with van der Waals surface area (Å²) in [6.45, 7) is 6.81.